The maximum absolute atomic E-state index is 11.4. The summed E-state index contributed by atoms with van der Waals surface area (Å²) >= 11 is 1.85. The molecule has 0 aromatic heterocycles. The van der Waals surface area contributed by atoms with E-state index in [4.69, 9.17) is 5.73 Å². The minimum absolute atomic E-state index is 0.264. The highest BCUT2D eigenvalue weighted by Crippen LogP contribution is 2.22. The van der Waals surface area contributed by atoms with Crippen molar-refractivity contribution in [2.24, 2.45) is 5.73 Å². The second-order valence-electron chi connectivity index (χ2n) is 4.47. The quantitative estimate of drug-likeness (QED) is 0.703. The van der Waals surface area contributed by atoms with Crippen molar-refractivity contribution in [3.63, 3.8) is 0 Å². The van der Waals surface area contributed by atoms with Crippen molar-refractivity contribution >= 4 is 17.7 Å². The first-order valence-electron chi connectivity index (χ1n) is 5.51. The normalized spacial score (nSPS) is 17.5. The van der Waals surface area contributed by atoms with Gasteiger partial charge in [-0.1, -0.05) is 13.8 Å². The third-order valence-corrected chi connectivity index (χ3v) is 3.37. The third-order valence-electron chi connectivity index (χ3n) is 2.30. The van der Waals surface area contributed by atoms with Crippen LogP contribution in [0.15, 0.2) is 0 Å². The van der Waals surface area contributed by atoms with E-state index in [1.807, 2.05) is 32.5 Å². The number of nitrogens with one attached hydrogen (secondary N) is 1. The second-order valence-corrected chi connectivity index (χ2v) is 6.18. The number of amides is 1. The Bertz CT molecular complexity index is 209. The molecule has 4 heteroatoms. The van der Waals surface area contributed by atoms with Crippen molar-refractivity contribution < 1.29 is 4.79 Å². The Morgan fingerprint density at radius 2 is 2.00 bits per heavy atom. The zero-order chi connectivity index (χ0) is 12.1. The average Bonchev–Trinajstić information content (AvgIpc) is 2.01. The molecule has 90 valence electrons. The highest BCUT2D eigenvalue weighted by Gasteiger charge is 2.32. The summed E-state index contributed by atoms with van der Waals surface area (Å²) in [5.41, 5.74) is 4.87. The zero-order valence-electron chi connectivity index (χ0n) is 10.5. The van der Waals surface area contributed by atoms with Crippen molar-refractivity contribution in [1.29, 1.82) is 0 Å². The molecule has 0 fully saturated rings. The molecule has 0 rings (SSSR count). The molecule has 0 heterocycles. The van der Waals surface area contributed by atoms with E-state index >= 15 is 0 Å². The fourth-order valence-corrected chi connectivity index (χ4v) is 2.81. The van der Waals surface area contributed by atoms with Crippen molar-refractivity contribution in [1.82, 2.24) is 5.32 Å². The van der Waals surface area contributed by atoms with E-state index in [1.54, 1.807) is 0 Å². The number of nitrogens with two attached hydrogens (primary N) is 1. The minimum atomic E-state index is -0.588. The summed E-state index contributed by atoms with van der Waals surface area (Å²) in [4.78, 5) is 11.4. The van der Waals surface area contributed by atoms with Gasteiger partial charge in [0.1, 0.15) is 0 Å². The van der Waals surface area contributed by atoms with Gasteiger partial charge in [-0.05, 0) is 32.9 Å². The molecule has 0 saturated heterocycles. The van der Waals surface area contributed by atoms with Gasteiger partial charge in [-0.15, -0.1) is 0 Å². The molecular formula is C11H24N2OS. The van der Waals surface area contributed by atoms with Crippen LogP contribution in [0.2, 0.25) is 0 Å². The lowest BCUT2D eigenvalue weighted by molar-refractivity contribution is -0.124. The lowest BCUT2D eigenvalue weighted by Crippen LogP contribution is -2.56. The topological polar surface area (TPSA) is 55.1 Å². The monoisotopic (exact) mass is 232 g/mol. The van der Waals surface area contributed by atoms with Gasteiger partial charge in [0.15, 0.2) is 0 Å². The molecule has 1 amide bonds. The molecule has 0 bridgehead atoms. The molecule has 3 N–H and O–H groups in total. The molecule has 15 heavy (non-hydrogen) atoms. The summed E-state index contributed by atoms with van der Waals surface area (Å²) in [6.07, 6.45) is 0.777. The van der Waals surface area contributed by atoms with Crippen molar-refractivity contribution in [3.05, 3.63) is 0 Å². The van der Waals surface area contributed by atoms with E-state index in [1.165, 1.54) is 0 Å². The summed E-state index contributed by atoms with van der Waals surface area (Å²) in [5, 5.41) is 3.70. The van der Waals surface area contributed by atoms with Crippen LogP contribution in [-0.4, -0.2) is 28.5 Å². The number of hydrogen-bond acceptors (Lipinski definition) is 3. The van der Waals surface area contributed by atoms with Crippen LogP contribution in [0.3, 0.4) is 0 Å². The Kier molecular flexibility index (Phi) is 6.29. The smallest absolute Gasteiger partial charge is 0.237 e. The zero-order valence-corrected chi connectivity index (χ0v) is 11.3. The second kappa shape index (κ2) is 6.38. The Hall–Kier alpha value is -0.220. The molecule has 3 nitrogen and oxygen atoms in total. The van der Waals surface area contributed by atoms with Crippen LogP contribution >= 0.6 is 11.8 Å². The highest BCUT2D eigenvalue weighted by molar-refractivity contribution is 7.99. The lowest BCUT2D eigenvalue weighted by atomic mass is 9.94. The fraction of sp³-hybridized carbons (Fsp3) is 0.909. The number of carbonyl (C=O) groups is 1. The number of rotatable bonds is 7. The van der Waals surface area contributed by atoms with Gasteiger partial charge in [-0.3, -0.25) is 4.79 Å². The maximum atomic E-state index is 11.4. The summed E-state index contributed by atoms with van der Waals surface area (Å²) in [6.45, 7) is 10.2. The summed E-state index contributed by atoms with van der Waals surface area (Å²) in [5.74, 6) is 0.803. The summed E-state index contributed by atoms with van der Waals surface area (Å²) in [6, 6.07) is 0.265. The summed E-state index contributed by atoms with van der Waals surface area (Å²) in [7, 11) is 0. The van der Waals surface area contributed by atoms with Crippen LogP contribution in [0.5, 0.6) is 0 Å². The Morgan fingerprint density at radius 1 is 1.47 bits per heavy atom. The van der Waals surface area contributed by atoms with Crippen molar-refractivity contribution in [3.8, 4) is 0 Å². The van der Waals surface area contributed by atoms with E-state index in [0.717, 1.165) is 12.2 Å². The Labute approximate surface area is 97.6 Å². The van der Waals surface area contributed by atoms with Crippen LogP contribution in [-0.2, 0) is 4.79 Å². The van der Waals surface area contributed by atoms with Crippen LogP contribution in [0.4, 0.5) is 0 Å². The van der Waals surface area contributed by atoms with E-state index in [9.17, 15) is 4.79 Å². The fourth-order valence-electron chi connectivity index (χ4n) is 1.79. The molecule has 0 spiro atoms. The van der Waals surface area contributed by atoms with Crippen LogP contribution < -0.4 is 11.1 Å². The Morgan fingerprint density at radius 3 is 2.33 bits per heavy atom. The van der Waals surface area contributed by atoms with Gasteiger partial charge in [0, 0.05) is 11.3 Å². The van der Waals surface area contributed by atoms with Gasteiger partial charge in [0.05, 0.1) is 5.54 Å². The largest absolute Gasteiger partial charge is 0.368 e. The average molecular weight is 232 g/mol. The molecule has 0 aliphatic rings. The van der Waals surface area contributed by atoms with E-state index in [0.29, 0.717) is 5.25 Å². The van der Waals surface area contributed by atoms with Gasteiger partial charge < -0.3 is 11.1 Å². The molecule has 0 radical (unpaired) electrons. The number of hydrogen-bond donors (Lipinski definition) is 2. The molecule has 2 unspecified atom stereocenters. The molecule has 2 atom stereocenters. The standard InChI is InChI=1S/C11H24N2OS/c1-6-15-9(4)7-11(5,10(12)14)13-8(2)3/h8-9,13H,6-7H2,1-5H3,(H2,12,14). The molecule has 0 saturated carbocycles. The molecule has 0 aliphatic carbocycles. The number of thioether (sulfide) groups is 1. The highest BCUT2D eigenvalue weighted by atomic mass is 32.2. The van der Waals surface area contributed by atoms with Crippen LogP contribution in [0, 0.1) is 0 Å². The van der Waals surface area contributed by atoms with Crippen molar-refractivity contribution in [2.45, 2.75) is 57.9 Å². The van der Waals surface area contributed by atoms with Gasteiger partial charge in [-0.25, -0.2) is 0 Å². The summed E-state index contributed by atoms with van der Waals surface area (Å²) < 4.78 is 0. The molecule has 0 aromatic rings. The minimum Gasteiger partial charge on any atom is -0.368 e. The van der Waals surface area contributed by atoms with Gasteiger partial charge in [0.2, 0.25) is 5.91 Å². The van der Waals surface area contributed by atoms with Crippen molar-refractivity contribution in [2.75, 3.05) is 5.75 Å². The van der Waals surface area contributed by atoms with Crippen LogP contribution in [0.1, 0.15) is 41.0 Å². The first-order chi connectivity index (χ1) is 6.81. The number of primary amides is 1. The van der Waals surface area contributed by atoms with Gasteiger partial charge >= 0.3 is 0 Å². The molecule has 0 aliphatic heterocycles. The van der Waals surface area contributed by atoms with Crippen LogP contribution in [0.25, 0.3) is 0 Å². The van der Waals surface area contributed by atoms with E-state index < -0.39 is 5.54 Å². The Balaban J connectivity index is 4.44. The SMILES string of the molecule is CCSC(C)CC(C)(NC(C)C)C(N)=O. The lowest BCUT2D eigenvalue weighted by Gasteiger charge is -2.32. The molecular weight excluding hydrogens is 208 g/mol. The van der Waals surface area contributed by atoms with Gasteiger partial charge in [-0.2, -0.15) is 11.8 Å². The third kappa shape index (κ3) is 5.42. The first-order valence-corrected chi connectivity index (χ1v) is 6.56. The molecule has 0 aromatic carbocycles. The maximum Gasteiger partial charge on any atom is 0.237 e. The predicted molar refractivity (Wildman–Crippen MR) is 68.1 cm³/mol. The van der Waals surface area contributed by atoms with E-state index in [-0.39, 0.29) is 11.9 Å². The van der Waals surface area contributed by atoms with E-state index in [2.05, 4.69) is 19.2 Å². The predicted octanol–water partition coefficient (Wildman–Crippen LogP) is 1.76. The first kappa shape index (κ1) is 14.8. The number of carbonyl (C=O) groups excluding carboxylic acids is 1. The van der Waals surface area contributed by atoms with Gasteiger partial charge in [0.25, 0.3) is 0 Å².